The van der Waals surface area contributed by atoms with Crippen molar-refractivity contribution in [1.29, 1.82) is 0 Å². The maximum atomic E-state index is 12.5. The number of likely N-dealkylation sites (tertiary alicyclic amines) is 1. The van der Waals surface area contributed by atoms with Crippen molar-refractivity contribution in [3.8, 4) is 0 Å². The lowest BCUT2D eigenvalue weighted by atomic mass is 9.79. The third kappa shape index (κ3) is 3.79. The molecule has 18 heavy (non-hydrogen) atoms. The van der Waals surface area contributed by atoms with Gasteiger partial charge in [0.05, 0.1) is 0 Å². The number of nitrogens with zero attached hydrogens (tertiary/aromatic N) is 2. The molecule has 0 aromatic rings. The van der Waals surface area contributed by atoms with Gasteiger partial charge in [0.1, 0.15) is 5.78 Å². The van der Waals surface area contributed by atoms with Crippen LogP contribution in [0, 0.1) is 11.8 Å². The van der Waals surface area contributed by atoms with Crippen LogP contribution in [0.4, 0.5) is 0 Å². The highest BCUT2D eigenvalue weighted by molar-refractivity contribution is 5.84. The Bertz CT molecular complexity index is 272. The number of carbonyl (C=O) groups excluding carboxylic acids is 1. The van der Waals surface area contributed by atoms with E-state index < -0.39 is 0 Å². The zero-order chi connectivity index (χ0) is 13.0. The maximum absolute atomic E-state index is 12.5. The number of hydrogen-bond donors (Lipinski definition) is 0. The van der Waals surface area contributed by atoms with Crippen LogP contribution in [0.1, 0.15) is 38.5 Å². The van der Waals surface area contributed by atoms with E-state index in [1.54, 1.807) is 0 Å². The van der Waals surface area contributed by atoms with Gasteiger partial charge in [-0.15, -0.1) is 0 Å². The van der Waals surface area contributed by atoms with Crippen LogP contribution in [-0.2, 0) is 4.79 Å². The lowest BCUT2D eigenvalue weighted by Gasteiger charge is -2.34. The quantitative estimate of drug-likeness (QED) is 0.765. The fraction of sp³-hybridized carbons (Fsp3) is 0.933. The summed E-state index contributed by atoms with van der Waals surface area (Å²) in [6.07, 6.45) is 7.48. The average Bonchev–Trinajstić information content (AvgIpc) is 2.35. The summed E-state index contributed by atoms with van der Waals surface area (Å²) in [6, 6.07) is 0. The molecule has 2 atom stereocenters. The van der Waals surface area contributed by atoms with Crippen molar-refractivity contribution >= 4 is 5.78 Å². The van der Waals surface area contributed by atoms with E-state index in [-0.39, 0.29) is 0 Å². The van der Waals surface area contributed by atoms with Crippen LogP contribution in [-0.4, -0.2) is 55.9 Å². The predicted octanol–water partition coefficient (Wildman–Crippen LogP) is 2.02. The Labute approximate surface area is 112 Å². The van der Waals surface area contributed by atoms with Crippen LogP contribution in [0.5, 0.6) is 0 Å². The monoisotopic (exact) mass is 252 g/mol. The predicted molar refractivity (Wildman–Crippen MR) is 74.7 cm³/mol. The molecule has 0 bridgehead atoms. The van der Waals surface area contributed by atoms with Crippen LogP contribution < -0.4 is 0 Å². The largest absolute Gasteiger partial charge is 0.309 e. The van der Waals surface area contributed by atoms with E-state index in [1.807, 2.05) is 0 Å². The van der Waals surface area contributed by atoms with Crippen LogP contribution in [0.15, 0.2) is 0 Å². The Morgan fingerprint density at radius 1 is 1.06 bits per heavy atom. The van der Waals surface area contributed by atoms with Crippen LogP contribution in [0.3, 0.4) is 0 Å². The fourth-order valence-corrected chi connectivity index (χ4v) is 3.49. The van der Waals surface area contributed by atoms with E-state index >= 15 is 0 Å². The number of Topliss-reactive ketones (excluding diaryl/α,β-unsaturated/α-hetero) is 1. The van der Waals surface area contributed by atoms with Crippen molar-refractivity contribution in [3.63, 3.8) is 0 Å². The van der Waals surface area contributed by atoms with Crippen LogP contribution in [0.25, 0.3) is 0 Å². The van der Waals surface area contributed by atoms with Crippen molar-refractivity contribution in [2.75, 3.05) is 40.3 Å². The zero-order valence-electron chi connectivity index (χ0n) is 12.0. The molecular formula is C15H28N2O. The van der Waals surface area contributed by atoms with Gasteiger partial charge in [0.25, 0.3) is 0 Å². The first-order chi connectivity index (χ1) is 8.66. The molecule has 104 valence electrons. The third-order valence-corrected chi connectivity index (χ3v) is 4.42. The fourth-order valence-electron chi connectivity index (χ4n) is 3.49. The van der Waals surface area contributed by atoms with Gasteiger partial charge in [0.2, 0.25) is 0 Å². The van der Waals surface area contributed by atoms with Crippen molar-refractivity contribution in [3.05, 3.63) is 0 Å². The topological polar surface area (TPSA) is 23.6 Å². The normalized spacial score (nSPS) is 30.9. The van der Waals surface area contributed by atoms with Crippen molar-refractivity contribution in [2.45, 2.75) is 38.5 Å². The molecule has 2 aliphatic rings. The molecule has 2 fully saturated rings. The summed E-state index contributed by atoms with van der Waals surface area (Å²) >= 11 is 0. The molecule has 0 radical (unpaired) electrons. The molecule has 3 heteroatoms. The molecule has 0 aromatic heterocycles. The van der Waals surface area contributed by atoms with Gasteiger partial charge < -0.3 is 9.80 Å². The molecule has 1 saturated carbocycles. The second kappa shape index (κ2) is 6.67. The van der Waals surface area contributed by atoms with Gasteiger partial charge in [0, 0.05) is 24.9 Å². The molecule has 0 N–H and O–H groups in total. The molecule has 1 aliphatic carbocycles. The van der Waals surface area contributed by atoms with Crippen LogP contribution in [0.2, 0.25) is 0 Å². The van der Waals surface area contributed by atoms with Crippen LogP contribution >= 0.6 is 0 Å². The highest BCUT2D eigenvalue weighted by atomic mass is 16.1. The maximum Gasteiger partial charge on any atom is 0.141 e. The van der Waals surface area contributed by atoms with Gasteiger partial charge in [-0.2, -0.15) is 0 Å². The lowest BCUT2D eigenvalue weighted by molar-refractivity contribution is -0.130. The second-order valence-electron chi connectivity index (χ2n) is 6.35. The van der Waals surface area contributed by atoms with E-state index in [1.165, 1.54) is 38.8 Å². The summed E-state index contributed by atoms with van der Waals surface area (Å²) in [5.41, 5.74) is 0. The third-order valence-electron chi connectivity index (χ3n) is 4.42. The van der Waals surface area contributed by atoms with Crippen molar-refractivity contribution < 1.29 is 4.79 Å². The molecule has 0 unspecified atom stereocenters. The number of piperidine rings is 1. The molecule has 2 rings (SSSR count). The first-order valence-corrected chi connectivity index (χ1v) is 7.57. The number of hydrogen-bond acceptors (Lipinski definition) is 3. The van der Waals surface area contributed by atoms with Gasteiger partial charge >= 0.3 is 0 Å². The number of ketones is 1. The van der Waals surface area contributed by atoms with Gasteiger partial charge in [-0.1, -0.05) is 12.8 Å². The summed E-state index contributed by atoms with van der Waals surface area (Å²) in [4.78, 5) is 17.2. The van der Waals surface area contributed by atoms with Crippen molar-refractivity contribution in [2.24, 2.45) is 11.8 Å². The molecule has 3 nitrogen and oxygen atoms in total. The lowest BCUT2D eigenvalue weighted by Crippen LogP contribution is -2.42. The minimum Gasteiger partial charge on any atom is -0.309 e. The number of carbonyl (C=O) groups is 1. The Morgan fingerprint density at radius 2 is 1.72 bits per heavy atom. The Balaban J connectivity index is 1.85. The minimum absolute atomic E-state index is 0.295. The SMILES string of the molecule is CN(C)C[C@@H]1CCC[C@@H](CN2CCCCC2)C1=O. The standard InChI is InChI=1S/C15H28N2O/c1-16(2)11-13-7-6-8-14(15(13)18)12-17-9-4-3-5-10-17/h13-14H,3-12H2,1-2H3/t13-,14-/m0/s1. The first kappa shape index (κ1) is 14.0. The zero-order valence-corrected chi connectivity index (χ0v) is 12.0. The Kier molecular flexibility index (Phi) is 5.19. The molecule has 1 saturated heterocycles. The second-order valence-corrected chi connectivity index (χ2v) is 6.35. The molecule has 0 aromatic carbocycles. The van der Waals surface area contributed by atoms with E-state index in [2.05, 4.69) is 23.9 Å². The summed E-state index contributed by atoms with van der Waals surface area (Å²) in [6.45, 7) is 4.39. The summed E-state index contributed by atoms with van der Waals surface area (Å²) in [7, 11) is 4.14. The Morgan fingerprint density at radius 3 is 2.39 bits per heavy atom. The van der Waals surface area contributed by atoms with Crippen molar-refractivity contribution in [1.82, 2.24) is 9.80 Å². The van der Waals surface area contributed by atoms with E-state index in [0.29, 0.717) is 17.6 Å². The van der Waals surface area contributed by atoms with Gasteiger partial charge in [-0.25, -0.2) is 0 Å². The molecule has 0 spiro atoms. The Hall–Kier alpha value is -0.410. The molecule has 0 amide bonds. The summed E-state index contributed by atoms with van der Waals surface area (Å²) < 4.78 is 0. The molecule has 1 aliphatic heterocycles. The van der Waals surface area contributed by atoms with E-state index in [4.69, 9.17) is 0 Å². The average molecular weight is 252 g/mol. The van der Waals surface area contributed by atoms with Gasteiger partial charge in [0.15, 0.2) is 0 Å². The summed E-state index contributed by atoms with van der Waals surface area (Å²) in [5.74, 6) is 1.16. The first-order valence-electron chi connectivity index (χ1n) is 7.57. The highest BCUT2D eigenvalue weighted by Crippen LogP contribution is 2.27. The number of rotatable bonds is 4. The van der Waals surface area contributed by atoms with E-state index in [0.717, 1.165) is 25.9 Å². The smallest absolute Gasteiger partial charge is 0.141 e. The van der Waals surface area contributed by atoms with Gasteiger partial charge in [-0.05, 0) is 52.9 Å². The molecular weight excluding hydrogens is 224 g/mol. The minimum atomic E-state index is 0.295. The summed E-state index contributed by atoms with van der Waals surface area (Å²) in [5, 5.41) is 0. The van der Waals surface area contributed by atoms with Gasteiger partial charge in [-0.3, -0.25) is 4.79 Å². The highest BCUT2D eigenvalue weighted by Gasteiger charge is 2.32. The van der Waals surface area contributed by atoms with E-state index in [9.17, 15) is 4.79 Å². The molecule has 1 heterocycles.